The Morgan fingerprint density at radius 3 is 2.81 bits per heavy atom. The maximum absolute atomic E-state index is 13.7. The summed E-state index contributed by atoms with van der Waals surface area (Å²) in [5.41, 5.74) is 5.15. The number of benzene rings is 1. The van der Waals surface area contributed by atoms with Crippen molar-refractivity contribution in [3.8, 4) is 11.5 Å². The lowest BCUT2D eigenvalue weighted by Gasteiger charge is -2.19. The van der Waals surface area contributed by atoms with E-state index in [0.29, 0.717) is 6.61 Å². The summed E-state index contributed by atoms with van der Waals surface area (Å²) >= 11 is 0. The van der Waals surface area contributed by atoms with E-state index in [-0.39, 0.29) is 23.9 Å². The summed E-state index contributed by atoms with van der Waals surface area (Å²) in [5.74, 6) is -1.29. The molecule has 0 saturated heterocycles. The number of halogens is 2. The zero-order valence-electron chi connectivity index (χ0n) is 11.9. The molecule has 0 spiro atoms. The molecule has 7 heteroatoms. The molecule has 1 heterocycles. The van der Waals surface area contributed by atoms with E-state index in [4.69, 9.17) is 15.0 Å². The maximum Gasteiger partial charge on any atom is 0.260 e. The minimum absolute atomic E-state index is 0.0282. The van der Waals surface area contributed by atoms with E-state index >= 15 is 0 Å². The second-order valence-electron chi connectivity index (χ2n) is 5.02. The van der Waals surface area contributed by atoms with E-state index < -0.39 is 17.2 Å². The first-order valence-electron chi connectivity index (χ1n) is 6.60. The van der Waals surface area contributed by atoms with E-state index in [1.807, 2.05) is 6.92 Å². The number of hydrogen-bond donors (Lipinski definition) is 1. The Kier molecular flexibility index (Phi) is 4.64. The van der Waals surface area contributed by atoms with Gasteiger partial charge in [0, 0.05) is 12.7 Å². The molecule has 0 aliphatic rings. The molecule has 0 aliphatic carbocycles. The second-order valence-corrected chi connectivity index (χ2v) is 5.02. The first kappa shape index (κ1) is 15.5. The van der Waals surface area contributed by atoms with Crippen LogP contribution in [0.25, 0.3) is 11.5 Å². The molecule has 0 aliphatic heterocycles. The molecule has 1 aromatic heterocycles. The van der Waals surface area contributed by atoms with Crippen LogP contribution in [0.4, 0.5) is 8.78 Å². The Hall–Kier alpha value is -1.86. The van der Waals surface area contributed by atoms with Crippen molar-refractivity contribution in [3.05, 3.63) is 35.7 Å². The van der Waals surface area contributed by atoms with Crippen molar-refractivity contribution in [2.75, 3.05) is 13.2 Å². The van der Waals surface area contributed by atoms with Crippen LogP contribution in [0.5, 0.6) is 0 Å². The molecule has 0 amide bonds. The third-order valence-corrected chi connectivity index (χ3v) is 2.85. The fraction of sp³-hybridized carbons (Fsp3) is 0.429. The molecule has 2 rings (SSSR count). The zero-order chi connectivity index (χ0) is 15.5. The van der Waals surface area contributed by atoms with E-state index in [1.165, 1.54) is 6.07 Å². The molecular weight excluding hydrogens is 280 g/mol. The average Bonchev–Trinajstić information content (AvgIpc) is 2.89. The Bertz CT molecular complexity index is 614. The van der Waals surface area contributed by atoms with E-state index in [1.54, 1.807) is 6.92 Å². The Labute approximate surface area is 121 Å². The summed E-state index contributed by atoms with van der Waals surface area (Å²) in [4.78, 5) is 4.08. The van der Waals surface area contributed by atoms with Crippen molar-refractivity contribution >= 4 is 0 Å². The van der Waals surface area contributed by atoms with Gasteiger partial charge in [-0.3, -0.25) is 0 Å². The van der Waals surface area contributed by atoms with Crippen molar-refractivity contribution < 1.29 is 18.0 Å². The summed E-state index contributed by atoms with van der Waals surface area (Å²) in [5, 5.41) is 3.75. The van der Waals surface area contributed by atoms with Gasteiger partial charge < -0.3 is 15.0 Å². The zero-order valence-corrected chi connectivity index (χ0v) is 11.9. The maximum atomic E-state index is 13.7. The first-order chi connectivity index (χ1) is 9.94. The van der Waals surface area contributed by atoms with Crippen molar-refractivity contribution in [2.45, 2.75) is 25.8 Å². The van der Waals surface area contributed by atoms with Crippen LogP contribution in [0.2, 0.25) is 0 Å². The van der Waals surface area contributed by atoms with Gasteiger partial charge in [-0.2, -0.15) is 4.98 Å². The average molecular weight is 297 g/mol. The molecule has 2 aromatic rings. The van der Waals surface area contributed by atoms with Crippen molar-refractivity contribution in [2.24, 2.45) is 5.73 Å². The number of aromatic nitrogens is 2. The first-order valence-corrected chi connectivity index (χ1v) is 6.60. The van der Waals surface area contributed by atoms with Gasteiger partial charge in [0.2, 0.25) is 0 Å². The van der Waals surface area contributed by atoms with E-state index in [0.717, 1.165) is 18.6 Å². The number of hydrogen-bond acceptors (Lipinski definition) is 5. The van der Waals surface area contributed by atoms with Gasteiger partial charge in [-0.15, -0.1) is 0 Å². The monoisotopic (exact) mass is 297 g/mol. The normalized spacial score (nSPS) is 14.1. The van der Waals surface area contributed by atoms with Gasteiger partial charge in [0.1, 0.15) is 17.2 Å². The van der Waals surface area contributed by atoms with E-state index in [9.17, 15) is 8.78 Å². The highest BCUT2D eigenvalue weighted by Gasteiger charge is 2.28. The highest BCUT2D eigenvalue weighted by Crippen LogP contribution is 2.24. The molecule has 114 valence electrons. The SMILES string of the molecule is CCCOCC(C)(N)c1noc(-c2ccc(F)cc2F)n1. The molecule has 0 radical (unpaired) electrons. The van der Waals surface area contributed by atoms with Crippen LogP contribution >= 0.6 is 0 Å². The number of nitrogens with zero attached hydrogens (tertiary/aromatic N) is 2. The van der Waals surface area contributed by atoms with Gasteiger partial charge >= 0.3 is 0 Å². The molecule has 0 fully saturated rings. The highest BCUT2D eigenvalue weighted by atomic mass is 19.1. The van der Waals surface area contributed by atoms with Gasteiger partial charge in [0.15, 0.2) is 5.82 Å². The lowest BCUT2D eigenvalue weighted by Crippen LogP contribution is -2.39. The molecule has 1 aromatic carbocycles. The minimum atomic E-state index is -0.951. The molecular formula is C14H17F2N3O2. The van der Waals surface area contributed by atoms with Gasteiger partial charge in [-0.1, -0.05) is 12.1 Å². The predicted molar refractivity (Wildman–Crippen MR) is 72.3 cm³/mol. The van der Waals surface area contributed by atoms with Crippen LogP contribution in [0.15, 0.2) is 22.7 Å². The van der Waals surface area contributed by atoms with Crippen molar-refractivity contribution in [1.82, 2.24) is 10.1 Å². The summed E-state index contributed by atoms with van der Waals surface area (Å²) in [6, 6.07) is 3.11. The fourth-order valence-electron chi connectivity index (χ4n) is 1.72. The molecule has 21 heavy (non-hydrogen) atoms. The molecule has 1 unspecified atom stereocenters. The van der Waals surface area contributed by atoms with Gasteiger partial charge in [-0.05, 0) is 25.5 Å². The van der Waals surface area contributed by atoms with Crippen molar-refractivity contribution in [1.29, 1.82) is 0 Å². The van der Waals surface area contributed by atoms with Crippen LogP contribution < -0.4 is 5.73 Å². The smallest absolute Gasteiger partial charge is 0.260 e. The third kappa shape index (κ3) is 3.62. The summed E-state index contributed by atoms with van der Waals surface area (Å²) < 4.78 is 36.9. The summed E-state index contributed by atoms with van der Waals surface area (Å²) in [7, 11) is 0. The fourth-order valence-corrected chi connectivity index (χ4v) is 1.72. The standard InChI is InChI=1S/C14H17F2N3O2/c1-3-6-20-8-14(2,17)13-18-12(21-19-13)10-5-4-9(15)7-11(10)16/h4-5,7H,3,6,8,17H2,1-2H3. The van der Waals surface area contributed by atoms with Gasteiger partial charge in [-0.25, -0.2) is 8.78 Å². The number of nitrogens with two attached hydrogens (primary N) is 1. The molecule has 1 atom stereocenters. The van der Waals surface area contributed by atoms with Crippen LogP contribution in [0.1, 0.15) is 26.1 Å². The highest BCUT2D eigenvalue weighted by molar-refractivity contribution is 5.53. The summed E-state index contributed by atoms with van der Waals surface area (Å²) in [6.07, 6.45) is 0.869. The Morgan fingerprint density at radius 1 is 1.38 bits per heavy atom. The van der Waals surface area contributed by atoms with Crippen LogP contribution in [-0.2, 0) is 10.3 Å². The number of ether oxygens (including phenoxy) is 1. The Morgan fingerprint density at radius 2 is 2.14 bits per heavy atom. The lowest BCUT2D eigenvalue weighted by molar-refractivity contribution is 0.0867. The minimum Gasteiger partial charge on any atom is -0.379 e. The van der Waals surface area contributed by atoms with Gasteiger partial charge in [0.05, 0.1) is 12.2 Å². The van der Waals surface area contributed by atoms with Gasteiger partial charge in [0.25, 0.3) is 5.89 Å². The molecule has 0 bridgehead atoms. The van der Waals surface area contributed by atoms with Crippen LogP contribution in [0.3, 0.4) is 0 Å². The molecule has 0 saturated carbocycles. The Balaban J connectivity index is 2.21. The topological polar surface area (TPSA) is 74.2 Å². The van der Waals surface area contributed by atoms with Crippen molar-refractivity contribution in [3.63, 3.8) is 0 Å². The largest absolute Gasteiger partial charge is 0.379 e. The third-order valence-electron chi connectivity index (χ3n) is 2.85. The summed E-state index contributed by atoms with van der Waals surface area (Å²) in [6.45, 7) is 4.46. The quantitative estimate of drug-likeness (QED) is 0.830. The van der Waals surface area contributed by atoms with Crippen LogP contribution in [-0.4, -0.2) is 23.4 Å². The number of rotatable bonds is 6. The predicted octanol–water partition coefficient (Wildman–Crippen LogP) is 2.62. The van der Waals surface area contributed by atoms with E-state index in [2.05, 4.69) is 10.1 Å². The lowest BCUT2D eigenvalue weighted by atomic mass is 10.1. The van der Waals surface area contributed by atoms with Crippen LogP contribution in [0, 0.1) is 11.6 Å². The molecule has 2 N–H and O–H groups in total. The second kappa shape index (κ2) is 6.28. The molecule has 5 nitrogen and oxygen atoms in total.